The van der Waals surface area contributed by atoms with Gasteiger partial charge in [0.15, 0.2) is 0 Å². The Morgan fingerprint density at radius 2 is 1.21 bits per heavy atom. The van der Waals surface area contributed by atoms with Crippen LogP contribution in [0.25, 0.3) is 0 Å². The van der Waals surface area contributed by atoms with Crippen LogP contribution in [-0.4, -0.2) is 45.3 Å². The summed E-state index contributed by atoms with van der Waals surface area (Å²) < 4.78 is 0. The lowest BCUT2D eigenvalue weighted by atomic mass is 10.0. The van der Waals surface area contributed by atoms with E-state index in [2.05, 4.69) is 29.8 Å². The van der Waals surface area contributed by atoms with Crippen molar-refractivity contribution in [2.75, 3.05) is 39.3 Å². The first-order chi connectivity index (χ1) is 11.8. The molecular formula is C20H46N4. The summed E-state index contributed by atoms with van der Waals surface area (Å²) in [5, 5.41) is 10.8. The van der Waals surface area contributed by atoms with Gasteiger partial charge in [0.05, 0.1) is 0 Å². The van der Waals surface area contributed by atoms with E-state index in [4.69, 9.17) is 5.73 Å². The van der Waals surface area contributed by atoms with Crippen molar-refractivity contribution >= 4 is 0 Å². The van der Waals surface area contributed by atoms with Crippen LogP contribution in [0.4, 0.5) is 0 Å². The van der Waals surface area contributed by atoms with E-state index in [0.29, 0.717) is 6.04 Å². The minimum Gasteiger partial charge on any atom is -0.330 e. The van der Waals surface area contributed by atoms with E-state index < -0.39 is 0 Å². The monoisotopic (exact) mass is 342 g/mol. The second-order valence-corrected chi connectivity index (χ2v) is 6.99. The van der Waals surface area contributed by atoms with Crippen molar-refractivity contribution in [1.29, 1.82) is 0 Å². The maximum atomic E-state index is 5.56. The lowest BCUT2D eigenvalue weighted by Gasteiger charge is -2.19. The lowest BCUT2D eigenvalue weighted by Crippen LogP contribution is -2.32. The van der Waals surface area contributed by atoms with Crippen LogP contribution in [0, 0.1) is 0 Å². The molecule has 4 heteroatoms. The third-order valence-electron chi connectivity index (χ3n) is 4.48. The first-order valence-corrected chi connectivity index (χ1v) is 10.7. The second kappa shape index (κ2) is 20.9. The highest BCUT2D eigenvalue weighted by atomic mass is 14.9. The quantitative estimate of drug-likeness (QED) is 0.256. The minimum absolute atomic E-state index is 0.703. The molecule has 0 bridgehead atoms. The number of unbranched alkanes of at least 4 members (excludes halogenated alkanes) is 4. The minimum atomic E-state index is 0.703. The zero-order chi connectivity index (χ0) is 17.7. The fraction of sp³-hybridized carbons (Fsp3) is 1.00. The summed E-state index contributed by atoms with van der Waals surface area (Å²) >= 11 is 0. The van der Waals surface area contributed by atoms with Gasteiger partial charge in [-0.2, -0.15) is 0 Å². The van der Waals surface area contributed by atoms with Crippen LogP contribution in [0.3, 0.4) is 0 Å². The highest BCUT2D eigenvalue weighted by molar-refractivity contribution is 4.68. The van der Waals surface area contributed by atoms with Crippen LogP contribution in [0.5, 0.6) is 0 Å². The third kappa shape index (κ3) is 18.2. The zero-order valence-electron chi connectivity index (χ0n) is 16.7. The number of nitrogens with two attached hydrogens (primary N) is 1. The molecule has 0 saturated carbocycles. The predicted molar refractivity (Wildman–Crippen MR) is 109 cm³/mol. The van der Waals surface area contributed by atoms with E-state index in [-0.39, 0.29) is 0 Å². The van der Waals surface area contributed by atoms with Crippen LogP contribution in [-0.2, 0) is 0 Å². The van der Waals surface area contributed by atoms with E-state index in [9.17, 15) is 0 Å². The van der Waals surface area contributed by atoms with Gasteiger partial charge in [-0.3, -0.25) is 0 Å². The maximum Gasteiger partial charge on any atom is 0.00675 e. The zero-order valence-corrected chi connectivity index (χ0v) is 16.7. The molecule has 4 nitrogen and oxygen atoms in total. The summed E-state index contributed by atoms with van der Waals surface area (Å²) in [4.78, 5) is 0. The molecule has 0 rings (SSSR count). The van der Waals surface area contributed by atoms with Gasteiger partial charge >= 0.3 is 0 Å². The number of nitrogens with one attached hydrogen (secondary N) is 3. The van der Waals surface area contributed by atoms with Crippen molar-refractivity contribution < 1.29 is 0 Å². The molecule has 5 N–H and O–H groups in total. The molecule has 0 aromatic heterocycles. The molecule has 146 valence electrons. The van der Waals surface area contributed by atoms with Crippen molar-refractivity contribution in [3.8, 4) is 0 Å². The maximum absolute atomic E-state index is 5.56. The molecule has 0 aromatic carbocycles. The summed E-state index contributed by atoms with van der Waals surface area (Å²) in [6.07, 6.45) is 14.2. The molecule has 0 heterocycles. The third-order valence-corrected chi connectivity index (χ3v) is 4.48. The summed E-state index contributed by atoms with van der Waals surface area (Å²) in [6, 6.07) is 0.703. The Labute approximate surface area is 152 Å². The fourth-order valence-corrected chi connectivity index (χ4v) is 3.01. The summed E-state index contributed by atoms with van der Waals surface area (Å²) in [7, 11) is 0. The molecule has 1 unspecified atom stereocenters. The molecule has 0 amide bonds. The molecule has 0 radical (unpaired) electrons. The Morgan fingerprint density at radius 3 is 1.88 bits per heavy atom. The lowest BCUT2D eigenvalue weighted by molar-refractivity contribution is 0.411. The molecule has 0 spiro atoms. The molecule has 0 aliphatic rings. The van der Waals surface area contributed by atoms with Crippen LogP contribution in [0.2, 0.25) is 0 Å². The Morgan fingerprint density at radius 1 is 0.625 bits per heavy atom. The molecule has 0 aromatic rings. The van der Waals surface area contributed by atoms with Crippen molar-refractivity contribution in [2.24, 2.45) is 5.73 Å². The van der Waals surface area contributed by atoms with E-state index >= 15 is 0 Å². The summed E-state index contributed by atoms with van der Waals surface area (Å²) in [5.74, 6) is 0. The average molecular weight is 343 g/mol. The first-order valence-electron chi connectivity index (χ1n) is 10.7. The molecule has 0 saturated heterocycles. The Bertz CT molecular complexity index is 208. The Balaban J connectivity index is 3.74. The van der Waals surface area contributed by atoms with Crippen molar-refractivity contribution in [2.45, 2.75) is 90.5 Å². The predicted octanol–water partition coefficient (Wildman–Crippen LogP) is 3.41. The standard InChI is InChI=1S/C20H46N4/c1-3-15-22-17-10-13-20(12-8-6-5-7-9-14-21)24-19-11-18-23-16-4-2/h20,22-24H,3-19,21H2,1-2H3. The Hall–Kier alpha value is -0.160. The van der Waals surface area contributed by atoms with Gasteiger partial charge in [-0.1, -0.05) is 39.5 Å². The van der Waals surface area contributed by atoms with E-state index in [1.807, 2.05) is 0 Å². The fourth-order valence-electron chi connectivity index (χ4n) is 3.01. The second-order valence-electron chi connectivity index (χ2n) is 6.99. The largest absolute Gasteiger partial charge is 0.330 e. The SMILES string of the molecule is CCCNCCCNC(CCCCCCCN)CCCNCCC. The van der Waals surface area contributed by atoms with Crippen LogP contribution < -0.4 is 21.7 Å². The average Bonchev–Trinajstić information content (AvgIpc) is 2.60. The molecule has 24 heavy (non-hydrogen) atoms. The first kappa shape index (κ1) is 23.8. The number of rotatable bonds is 20. The van der Waals surface area contributed by atoms with Crippen molar-refractivity contribution in [3.63, 3.8) is 0 Å². The van der Waals surface area contributed by atoms with Gasteiger partial charge in [0.1, 0.15) is 0 Å². The van der Waals surface area contributed by atoms with Gasteiger partial charge in [0.25, 0.3) is 0 Å². The molecule has 1 atom stereocenters. The molecule has 0 aliphatic heterocycles. The van der Waals surface area contributed by atoms with Gasteiger partial charge in [0.2, 0.25) is 0 Å². The van der Waals surface area contributed by atoms with Crippen LogP contribution in [0.1, 0.15) is 84.5 Å². The normalized spacial score (nSPS) is 12.6. The summed E-state index contributed by atoms with van der Waals surface area (Å²) in [5.41, 5.74) is 5.56. The van der Waals surface area contributed by atoms with Gasteiger partial charge in [-0.25, -0.2) is 0 Å². The molecular weight excluding hydrogens is 296 g/mol. The topological polar surface area (TPSA) is 62.1 Å². The van der Waals surface area contributed by atoms with Gasteiger partial charge in [0, 0.05) is 6.04 Å². The highest BCUT2D eigenvalue weighted by Crippen LogP contribution is 2.10. The van der Waals surface area contributed by atoms with E-state index in [0.717, 1.165) is 32.7 Å². The Kier molecular flexibility index (Phi) is 20.7. The summed E-state index contributed by atoms with van der Waals surface area (Å²) in [6.45, 7) is 11.1. The van der Waals surface area contributed by atoms with E-state index in [1.165, 1.54) is 77.2 Å². The number of hydrogen-bond donors (Lipinski definition) is 4. The molecule has 0 aliphatic carbocycles. The van der Waals surface area contributed by atoms with E-state index in [1.54, 1.807) is 0 Å². The van der Waals surface area contributed by atoms with Crippen LogP contribution in [0.15, 0.2) is 0 Å². The number of hydrogen-bond acceptors (Lipinski definition) is 4. The highest BCUT2D eigenvalue weighted by Gasteiger charge is 2.07. The molecule has 0 fully saturated rings. The van der Waals surface area contributed by atoms with Crippen molar-refractivity contribution in [3.05, 3.63) is 0 Å². The van der Waals surface area contributed by atoms with Crippen molar-refractivity contribution in [1.82, 2.24) is 16.0 Å². The smallest absolute Gasteiger partial charge is 0.00675 e. The van der Waals surface area contributed by atoms with Crippen LogP contribution >= 0.6 is 0 Å². The van der Waals surface area contributed by atoms with Gasteiger partial charge in [-0.15, -0.1) is 0 Å². The van der Waals surface area contributed by atoms with Gasteiger partial charge in [-0.05, 0) is 84.2 Å². The van der Waals surface area contributed by atoms with Gasteiger partial charge < -0.3 is 21.7 Å².